The van der Waals surface area contributed by atoms with Gasteiger partial charge in [0, 0.05) is 5.69 Å². The molecule has 1 heterocycles. The lowest BCUT2D eigenvalue weighted by atomic mass is 10.1. The van der Waals surface area contributed by atoms with Gasteiger partial charge in [0.05, 0.1) is 6.33 Å². The van der Waals surface area contributed by atoms with E-state index in [4.69, 9.17) is 12.2 Å². The van der Waals surface area contributed by atoms with Crippen molar-refractivity contribution < 1.29 is 0 Å². The van der Waals surface area contributed by atoms with E-state index in [1.165, 1.54) is 12.0 Å². The van der Waals surface area contributed by atoms with Crippen molar-refractivity contribution in [3.05, 3.63) is 46.9 Å². The van der Waals surface area contributed by atoms with Gasteiger partial charge in [0.1, 0.15) is 4.64 Å². The molecule has 0 fully saturated rings. The van der Waals surface area contributed by atoms with Gasteiger partial charge in [-0.3, -0.25) is 0 Å². The Kier molecular flexibility index (Phi) is 3.47. The second kappa shape index (κ2) is 5.03. The van der Waals surface area contributed by atoms with Crippen LogP contribution in [0.4, 0.5) is 0 Å². The largest absolute Gasteiger partial charge is 0.346 e. The summed E-state index contributed by atoms with van der Waals surface area (Å²) in [4.78, 5) is 7.07. The number of hydrogen-bond donors (Lipinski definition) is 1. The van der Waals surface area contributed by atoms with Crippen molar-refractivity contribution in [2.24, 2.45) is 0 Å². The summed E-state index contributed by atoms with van der Waals surface area (Å²) in [5.74, 6) is 0. The van der Waals surface area contributed by atoms with Crippen LogP contribution in [-0.2, 0) is 6.42 Å². The third-order valence-electron chi connectivity index (χ3n) is 2.48. The molecule has 0 aliphatic carbocycles. The van der Waals surface area contributed by atoms with Gasteiger partial charge in [-0.15, -0.1) is 0 Å². The Labute approximate surface area is 100 Å². The molecule has 0 unspecified atom stereocenters. The fourth-order valence-electron chi connectivity index (χ4n) is 1.67. The molecule has 0 atom stereocenters. The molecule has 2 aromatic rings. The fourth-order valence-corrected chi connectivity index (χ4v) is 1.84. The predicted octanol–water partition coefficient (Wildman–Crippen LogP) is 3.76. The maximum atomic E-state index is 5.04. The van der Waals surface area contributed by atoms with Gasteiger partial charge >= 0.3 is 0 Å². The summed E-state index contributed by atoms with van der Waals surface area (Å²) in [7, 11) is 0. The van der Waals surface area contributed by atoms with Gasteiger partial charge in [0.2, 0.25) is 0 Å². The number of rotatable bonds is 3. The Hall–Kier alpha value is -1.48. The van der Waals surface area contributed by atoms with Crippen molar-refractivity contribution in [1.29, 1.82) is 0 Å². The van der Waals surface area contributed by atoms with Crippen LogP contribution in [0.25, 0.3) is 11.3 Å². The van der Waals surface area contributed by atoms with E-state index in [0.717, 1.165) is 17.7 Å². The minimum atomic E-state index is 0.617. The van der Waals surface area contributed by atoms with Gasteiger partial charge in [0.15, 0.2) is 0 Å². The van der Waals surface area contributed by atoms with E-state index in [-0.39, 0.29) is 0 Å². The third kappa shape index (κ3) is 2.55. The molecular formula is C13H14N2S. The first-order valence-electron chi connectivity index (χ1n) is 5.43. The standard InChI is InChI=1S/C13H14N2S/c1-2-3-10-4-6-11(7-5-10)12-8-13(16)15-9-14-12/h4-9H,2-3H2,1H3,(H,14,15,16). The highest BCUT2D eigenvalue weighted by Gasteiger charge is 1.98. The van der Waals surface area contributed by atoms with E-state index in [1.807, 2.05) is 6.07 Å². The van der Waals surface area contributed by atoms with Crippen LogP contribution in [0.15, 0.2) is 36.7 Å². The molecule has 0 aliphatic heterocycles. The molecule has 1 aromatic heterocycles. The summed E-state index contributed by atoms with van der Waals surface area (Å²) in [5.41, 5.74) is 3.54. The number of H-pyrrole nitrogens is 1. The van der Waals surface area contributed by atoms with Crippen molar-refractivity contribution in [3.63, 3.8) is 0 Å². The molecule has 0 saturated heterocycles. The molecule has 0 saturated carbocycles. The van der Waals surface area contributed by atoms with E-state index >= 15 is 0 Å². The highest BCUT2D eigenvalue weighted by Crippen LogP contribution is 2.17. The third-order valence-corrected chi connectivity index (χ3v) is 2.71. The molecule has 0 spiro atoms. The molecule has 3 heteroatoms. The van der Waals surface area contributed by atoms with Gasteiger partial charge in [-0.25, -0.2) is 4.98 Å². The zero-order valence-corrected chi connectivity index (χ0v) is 10.1. The number of aromatic nitrogens is 2. The van der Waals surface area contributed by atoms with E-state index in [9.17, 15) is 0 Å². The minimum Gasteiger partial charge on any atom is -0.346 e. The SMILES string of the molecule is CCCc1ccc(-c2cc(=S)nc[nH]2)cc1. The van der Waals surface area contributed by atoms with Gasteiger partial charge < -0.3 is 4.98 Å². The van der Waals surface area contributed by atoms with Crippen LogP contribution in [0.1, 0.15) is 18.9 Å². The second-order valence-corrected chi connectivity index (χ2v) is 4.16. The first kappa shape index (κ1) is 11.0. The fraction of sp³-hybridized carbons (Fsp3) is 0.231. The van der Waals surface area contributed by atoms with E-state index in [2.05, 4.69) is 41.2 Å². The Balaban J connectivity index is 2.31. The Morgan fingerprint density at radius 1 is 1.25 bits per heavy atom. The van der Waals surface area contributed by atoms with Gasteiger partial charge in [-0.1, -0.05) is 49.8 Å². The lowest BCUT2D eigenvalue weighted by molar-refractivity contribution is 0.922. The van der Waals surface area contributed by atoms with Crippen LogP contribution in [0.5, 0.6) is 0 Å². The average Bonchev–Trinajstić information content (AvgIpc) is 2.30. The molecule has 1 aromatic carbocycles. The van der Waals surface area contributed by atoms with Crippen LogP contribution >= 0.6 is 12.2 Å². The predicted molar refractivity (Wildman–Crippen MR) is 68.9 cm³/mol. The number of nitrogens with zero attached hydrogens (tertiary/aromatic N) is 1. The van der Waals surface area contributed by atoms with Gasteiger partial charge in [-0.2, -0.15) is 0 Å². The van der Waals surface area contributed by atoms with Crippen molar-refractivity contribution in [3.8, 4) is 11.3 Å². The van der Waals surface area contributed by atoms with Crippen molar-refractivity contribution in [2.75, 3.05) is 0 Å². The zero-order valence-electron chi connectivity index (χ0n) is 9.23. The summed E-state index contributed by atoms with van der Waals surface area (Å²) in [6.07, 6.45) is 3.95. The molecule has 0 aliphatic rings. The normalized spacial score (nSPS) is 10.3. The number of aromatic amines is 1. The van der Waals surface area contributed by atoms with Gasteiger partial charge in [0.25, 0.3) is 0 Å². The monoisotopic (exact) mass is 230 g/mol. The first-order chi connectivity index (χ1) is 7.79. The molecule has 0 radical (unpaired) electrons. The number of benzene rings is 1. The minimum absolute atomic E-state index is 0.617. The highest BCUT2D eigenvalue weighted by atomic mass is 32.1. The molecule has 2 rings (SSSR count). The molecule has 0 bridgehead atoms. The Morgan fingerprint density at radius 2 is 2.00 bits per heavy atom. The first-order valence-corrected chi connectivity index (χ1v) is 5.84. The second-order valence-electron chi connectivity index (χ2n) is 3.75. The van der Waals surface area contributed by atoms with Gasteiger partial charge in [-0.05, 0) is 23.6 Å². The summed E-state index contributed by atoms with van der Waals surface area (Å²) in [5, 5.41) is 0. The lowest BCUT2D eigenvalue weighted by Gasteiger charge is -2.03. The summed E-state index contributed by atoms with van der Waals surface area (Å²) in [6.45, 7) is 2.19. The number of nitrogens with one attached hydrogen (secondary N) is 1. The molecule has 82 valence electrons. The number of aryl methyl sites for hydroxylation is 1. The summed E-state index contributed by atoms with van der Waals surface area (Å²) in [6, 6.07) is 10.4. The maximum absolute atomic E-state index is 5.04. The van der Waals surface area contributed by atoms with Crippen LogP contribution in [0, 0.1) is 4.64 Å². The average molecular weight is 230 g/mol. The zero-order chi connectivity index (χ0) is 11.4. The topological polar surface area (TPSA) is 28.7 Å². The van der Waals surface area contributed by atoms with Crippen LogP contribution < -0.4 is 0 Å². The molecule has 2 nitrogen and oxygen atoms in total. The number of hydrogen-bond acceptors (Lipinski definition) is 2. The highest BCUT2D eigenvalue weighted by molar-refractivity contribution is 7.71. The van der Waals surface area contributed by atoms with Crippen LogP contribution in [0.2, 0.25) is 0 Å². The quantitative estimate of drug-likeness (QED) is 0.813. The van der Waals surface area contributed by atoms with Crippen molar-refractivity contribution in [2.45, 2.75) is 19.8 Å². The van der Waals surface area contributed by atoms with E-state index < -0.39 is 0 Å². The maximum Gasteiger partial charge on any atom is 0.130 e. The van der Waals surface area contributed by atoms with Crippen molar-refractivity contribution >= 4 is 12.2 Å². The Bertz CT molecular complexity index is 514. The lowest BCUT2D eigenvalue weighted by Crippen LogP contribution is -1.87. The molecular weight excluding hydrogens is 216 g/mol. The molecule has 1 N–H and O–H groups in total. The summed E-state index contributed by atoms with van der Waals surface area (Å²) >= 11 is 5.04. The Morgan fingerprint density at radius 3 is 2.62 bits per heavy atom. The van der Waals surface area contributed by atoms with Crippen molar-refractivity contribution in [1.82, 2.24) is 9.97 Å². The smallest absolute Gasteiger partial charge is 0.130 e. The van der Waals surface area contributed by atoms with Crippen LogP contribution in [-0.4, -0.2) is 9.97 Å². The van der Waals surface area contributed by atoms with E-state index in [1.54, 1.807) is 6.33 Å². The summed E-state index contributed by atoms with van der Waals surface area (Å²) < 4.78 is 0.617. The molecule has 0 amide bonds. The van der Waals surface area contributed by atoms with Crippen LogP contribution in [0.3, 0.4) is 0 Å². The molecule has 16 heavy (non-hydrogen) atoms. The van der Waals surface area contributed by atoms with E-state index in [0.29, 0.717) is 4.64 Å².